The van der Waals surface area contributed by atoms with Crippen molar-refractivity contribution in [1.29, 1.82) is 0 Å². The maximum Gasteiger partial charge on any atom is 0.154 e. The molecular formula is C8H15N3O2S2. The molecule has 0 aliphatic heterocycles. The van der Waals surface area contributed by atoms with Crippen LogP contribution in [0.3, 0.4) is 0 Å². The highest BCUT2D eigenvalue weighted by Gasteiger charge is 2.10. The van der Waals surface area contributed by atoms with E-state index in [-0.39, 0.29) is 5.75 Å². The predicted molar refractivity (Wildman–Crippen MR) is 60.7 cm³/mol. The topological polar surface area (TPSA) is 72.0 Å². The summed E-state index contributed by atoms with van der Waals surface area (Å²) in [4.78, 5) is 0. The highest BCUT2D eigenvalue weighted by Crippen LogP contribution is 2.13. The molecule has 15 heavy (non-hydrogen) atoms. The number of nitrogens with zero attached hydrogens (tertiary/aromatic N) is 2. The van der Waals surface area contributed by atoms with Crippen LogP contribution >= 0.6 is 11.3 Å². The van der Waals surface area contributed by atoms with Gasteiger partial charge in [0.1, 0.15) is 15.8 Å². The number of aromatic nitrogens is 2. The third-order valence-electron chi connectivity index (χ3n) is 1.71. The summed E-state index contributed by atoms with van der Waals surface area (Å²) in [5, 5.41) is 12.3. The van der Waals surface area contributed by atoms with E-state index in [0.717, 1.165) is 24.4 Å². The van der Waals surface area contributed by atoms with Crippen LogP contribution in [-0.2, 0) is 22.0 Å². The van der Waals surface area contributed by atoms with Crippen molar-refractivity contribution in [3.63, 3.8) is 0 Å². The van der Waals surface area contributed by atoms with Crippen molar-refractivity contribution in [3.05, 3.63) is 10.0 Å². The van der Waals surface area contributed by atoms with Gasteiger partial charge in [-0.05, 0) is 20.0 Å². The first-order chi connectivity index (χ1) is 7.01. The second kappa shape index (κ2) is 5.53. The molecule has 0 radical (unpaired) electrons. The van der Waals surface area contributed by atoms with E-state index in [0.29, 0.717) is 5.01 Å². The predicted octanol–water partition coefficient (Wildman–Crippen LogP) is 0.235. The van der Waals surface area contributed by atoms with Crippen molar-refractivity contribution in [3.8, 4) is 0 Å². The van der Waals surface area contributed by atoms with Crippen molar-refractivity contribution in [2.75, 3.05) is 19.8 Å². The molecule has 0 saturated heterocycles. The van der Waals surface area contributed by atoms with Gasteiger partial charge in [0.25, 0.3) is 0 Å². The molecule has 0 atom stereocenters. The highest BCUT2D eigenvalue weighted by molar-refractivity contribution is 7.90. The summed E-state index contributed by atoms with van der Waals surface area (Å²) >= 11 is 1.38. The third kappa shape index (κ3) is 5.19. The largest absolute Gasteiger partial charge is 0.320 e. The summed E-state index contributed by atoms with van der Waals surface area (Å²) in [7, 11) is -1.10. The monoisotopic (exact) mass is 249 g/mol. The maximum atomic E-state index is 11.0. The number of hydrogen-bond acceptors (Lipinski definition) is 6. The standard InChI is InChI=1S/C8H15N3O2S2/c1-9-5-3-4-7-10-11-8(14-7)6-15(2,12)13/h9H,3-6H2,1-2H3. The first-order valence-corrected chi connectivity index (χ1v) is 7.52. The molecule has 1 N–H and O–H groups in total. The van der Waals surface area contributed by atoms with Crippen LogP contribution in [0.4, 0.5) is 0 Å². The number of hydrogen-bond donors (Lipinski definition) is 1. The van der Waals surface area contributed by atoms with Gasteiger partial charge in [0.15, 0.2) is 9.84 Å². The SMILES string of the molecule is CNCCCc1nnc(CS(C)(=O)=O)s1. The Hall–Kier alpha value is -0.530. The summed E-state index contributed by atoms with van der Waals surface area (Å²) < 4.78 is 22.0. The van der Waals surface area contributed by atoms with Crippen molar-refractivity contribution < 1.29 is 8.42 Å². The summed E-state index contributed by atoms with van der Waals surface area (Å²) in [5.41, 5.74) is 0. The minimum absolute atomic E-state index is 0.00328. The van der Waals surface area contributed by atoms with E-state index >= 15 is 0 Å². The molecule has 1 aromatic heterocycles. The molecule has 1 heterocycles. The van der Waals surface area contributed by atoms with Crippen LogP contribution in [0.2, 0.25) is 0 Å². The van der Waals surface area contributed by atoms with Crippen molar-refractivity contribution in [2.45, 2.75) is 18.6 Å². The number of rotatable bonds is 6. The van der Waals surface area contributed by atoms with E-state index in [4.69, 9.17) is 0 Å². The lowest BCUT2D eigenvalue weighted by Gasteiger charge is -1.94. The highest BCUT2D eigenvalue weighted by atomic mass is 32.2. The molecule has 5 nitrogen and oxygen atoms in total. The molecule has 7 heteroatoms. The molecular weight excluding hydrogens is 234 g/mol. The minimum atomic E-state index is -2.99. The third-order valence-corrected chi connectivity index (χ3v) is 3.68. The summed E-state index contributed by atoms with van der Waals surface area (Å²) in [5.74, 6) is -0.00328. The van der Waals surface area contributed by atoms with E-state index in [9.17, 15) is 8.42 Å². The van der Waals surface area contributed by atoms with Crippen molar-refractivity contribution in [1.82, 2.24) is 15.5 Å². The van der Waals surface area contributed by atoms with Crippen LogP contribution < -0.4 is 5.32 Å². The Morgan fingerprint density at radius 3 is 2.60 bits per heavy atom. The Bertz CT molecular complexity index is 400. The molecule has 0 saturated carbocycles. The lowest BCUT2D eigenvalue weighted by Crippen LogP contribution is -2.08. The fourth-order valence-corrected chi connectivity index (χ4v) is 3.15. The van der Waals surface area contributed by atoms with Crippen LogP contribution in [0.5, 0.6) is 0 Å². The lowest BCUT2D eigenvalue weighted by molar-refractivity contribution is 0.600. The van der Waals surface area contributed by atoms with E-state index in [1.165, 1.54) is 17.6 Å². The van der Waals surface area contributed by atoms with Crippen LogP contribution in [0, 0.1) is 0 Å². The normalized spacial score (nSPS) is 11.9. The second-order valence-electron chi connectivity index (χ2n) is 3.37. The quantitative estimate of drug-likeness (QED) is 0.731. The Labute approximate surface area is 93.8 Å². The van der Waals surface area contributed by atoms with E-state index in [1.807, 2.05) is 7.05 Å². The van der Waals surface area contributed by atoms with Crippen LogP contribution in [0.1, 0.15) is 16.4 Å². The molecule has 0 fully saturated rings. The molecule has 1 aromatic rings. The van der Waals surface area contributed by atoms with Gasteiger partial charge in [-0.25, -0.2) is 8.42 Å². The first-order valence-electron chi connectivity index (χ1n) is 4.65. The molecule has 0 bridgehead atoms. The molecule has 0 spiro atoms. The van der Waals surface area contributed by atoms with Gasteiger partial charge in [-0.1, -0.05) is 0 Å². The van der Waals surface area contributed by atoms with E-state index in [1.54, 1.807) is 0 Å². The van der Waals surface area contributed by atoms with Gasteiger partial charge in [0.05, 0.1) is 0 Å². The number of aryl methyl sites for hydroxylation is 1. The van der Waals surface area contributed by atoms with Gasteiger partial charge >= 0.3 is 0 Å². The van der Waals surface area contributed by atoms with Gasteiger partial charge in [-0.15, -0.1) is 21.5 Å². The average molecular weight is 249 g/mol. The van der Waals surface area contributed by atoms with Crippen molar-refractivity contribution in [2.24, 2.45) is 0 Å². The Morgan fingerprint density at radius 2 is 2.00 bits per heavy atom. The Kier molecular flexibility index (Phi) is 4.62. The van der Waals surface area contributed by atoms with Crippen molar-refractivity contribution >= 4 is 21.2 Å². The zero-order valence-corrected chi connectivity index (χ0v) is 10.5. The zero-order valence-electron chi connectivity index (χ0n) is 8.86. The van der Waals surface area contributed by atoms with Gasteiger partial charge in [0, 0.05) is 12.7 Å². The maximum absolute atomic E-state index is 11.0. The average Bonchev–Trinajstić information content (AvgIpc) is 2.50. The molecule has 0 aliphatic carbocycles. The first kappa shape index (κ1) is 12.5. The smallest absolute Gasteiger partial charge is 0.154 e. The van der Waals surface area contributed by atoms with Gasteiger partial charge in [-0.3, -0.25) is 0 Å². The number of nitrogens with one attached hydrogen (secondary N) is 1. The molecule has 0 aromatic carbocycles. The Morgan fingerprint density at radius 1 is 1.33 bits per heavy atom. The molecule has 1 rings (SSSR count). The van der Waals surface area contributed by atoms with E-state index < -0.39 is 9.84 Å². The zero-order chi connectivity index (χ0) is 11.3. The van der Waals surface area contributed by atoms with Crippen LogP contribution in [0.15, 0.2) is 0 Å². The molecule has 0 amide bonds. The fraction of sp³-hybridized carbons (Fsp3) is 0.750. The molecule has 0 aliphatic rings. The molecule has 0 unspecified atom stereocenters. The Balaban J connectivity index is 2.49. The summed E-state index contributed by atoms with van der Waals surface area (Å²) in [6.45, 7) is 0.932. The summed E-state index contributed by atoms with van der Waals surface area (Å²) in [6, 6.07) is 0. The van der Waals surface area contributed by atoms with Gasteiger partial charge in [0.2, 0.25) is 0 Å². The second-order valence-corrected chi connectivity index (χ2v) is 6.65. The van der Waals surface area contributed by atoms with E-state index in [2.05, 4.69) is 15.5 Å². The van der Waals surface area contributed by atoms with Crippen LogP contribution in [-0.4, -0.2) is 38.5 Å². The summed E-state index contributed by atoms with van der Waals surface area (Å²) in [6.07, 6.45) is 3.04. The lowest BCUT2D eigenvalue weighted by atomic mass is 10.3. The van der Waals surface area contributed by atoms with Crippen LogP contribution in [0.25, 0.3) is 0 Å². The van der Waals surface area contributed by atoms with Gasteiger partial charge in [-0.2, -0.15) is 0 Å². The molecule has 86 valence electrons. The minimum Gasteiger partial charge on any atom is -0.320 e. The number of sulfone groups is 1. The fourth-order valence-electron chi connectivity index (χ4n) is 1.09. The van der Waals surface area contributed by atoms with Gasteiger partial charge < -0.3 is 5.32 Å².